The molecule has 0 fully saturated rings. The van der Waals surface area contributed by atoms with Gasteiger partial charge in [-0.1, -0.05) is 21.6 Å². The number of hydrogen-bond acceptors (Lipinski definition) is 12. The highest BCUT2D eigenvalue weighted by Gasteiger charge is 2.26. The molecule has 0 radical (unpaired) electrons. The van der Waals surface area contributed by atoms with Crippen LogP contribution in [-0.2, 0) is 38.2 Å². The Hall–Kier alpha value is -2.56. The van der Waals surface area contributed by atoms with Crippen molar-refractivity contribution in [3.8, 4) is 0 Å². The van der Waals surface area contributed by atoms with Gasteiger partial charge in [-0.05, 0) is 26.7 Å². The SMILES string of the molecule is CCOC(=O)[C@H](CSSC[C@H](NC(=O)CC[C@H](N)C(=O)O)C(=O)OCC)NC(=O)CC[C@H](N)C(=O)O. The molecular formula is C20H34N4O10S2. The van der Waals surface area contributed by atoms with Gasteiger partial charge in [-0.15, -0.1) is 0 Å². The van der Waals surface area contributed by atoms with Crippen LogP contribution in [0.5, 0.6) is 0 Å². The molecule has 0 saturated heterocycles. The molecule has 206 valence electrons. The van der Waals surface area contributed by atoms with Crippen molar-refractivity contribution in [2.75, 3.05) is 24.7 Å². The van der Waals surface area contributed by atoms with E-state index < -0.39 is 59.9 Å². The first-order valence-electron chi connectivity index (χ1n) is 11.1. The van der Waals surface area contributed by atoms with E-state index in [0.29, 0.717) is 0 Å². The summed E-state index contributed by atoms with van der Waals surface area (Å²) in [6.07, 6.45) is -0.638. The highest BCUT2D eigenvalue weighted by molar-refractivity contribution is 8.76. The molecule has 2 amide bonds. The zero-order valence-electron chi connectivity index (χ0n) is 20.1. The lowest BCUT2D eigenvalue weighted by Gasteiger charge is -2.19. The Morgan fingerprint density at radius 2 is 1.06 bits per heavy atom. The van der Waals surface area contributed by atoms with E-state index in [9.17, 15) is 28.8 Å². The summed E-state index contributed by atoms with van der Waals surface area (Å²) in [6.45, 7) is 3.35. The maximum atomic E-state index is 12.2. The number of ether oxygens (including phenoxy) is 2. The summed E-state index contributed by atoms with van der Waals surface area (Å²) in [5.74, 6) is -4.92. The second-order valence-electron chi connectivity index (χ2n) is 7.28. The van der Waals surface area contributed by atoms with Crippen LogP contribution < -0.4 is 22.1 Å². The third kappa shape index (κ3) is 14.8. The molecule has 0 aliphatic rings. The van der Waals surface area contributed by atoms with Crippen LogP contribution in [0.15, 0.2) is 0 Å². The van der Waals surface area contributed by atoms with E-state index in [2.05, 4.69) is 10.6 Å². The number of nitrogens with two attached hydrogens (primary N) is 2. The first-order chi connectivity index (χ1) is 16.9. The van der Waals surface area contributed by atoms with E-state index in [1.165, 1.54) is 0 Å². The third-order valence-electron chi connectivity index (χ3n) is 4.36. The van der Waals surface area contributed by atoms with Gasteiger partial charge in [0.1, 0.15) is 24.2 Å². The normalized spacial score (nSPS) is 14.0. The Morgan fingerprint density at radius 1 is 0.722 bits per heavy atom. The van der Waals surface area contributed by atoms with E-state index in [0.717, 1.165) is 21.6 Å². The van der Waals surface area contributed by atoms with Crippen molar-refractivity contribution in [2.24, 2.45) is 11.5 Å². The molecule has 0 aromatic carbocycles. The highest BCUT2D eigenvalue weighted by Crippen LogP contribution is 2.24. The number of carboxylic acids is 2. The van der Waals surface area contributed by atoms with Crippen LogP contribution in [0, 0.1) is 0 Å². The van der Waals surface area contributed by atoms with Crippen molar-refractivity contribution in [2.45, 2.75) is 63.7 Å². The summed E-state index contributed by atoms with van der Waals surface area (Å²) in [4.78, 5) is 70.2. The van der Waals surface area contributed by atoms with Gasteiger partial charge in [0.05, 0.1) is 13.2 Å². The summed E-state index contributed by atoms with van der Waals surface area (Å²) < 4.78 is 9.91. The number of carbonyl (C=O) groups excluding carboxylic acids is 4. The van der Waals surface area contributed by atoms with Gasteiger partial charge in [0.15, 0.2) is 0 Å². The molecule has 0 aliphatic heterocycles. The molecule has 0 spiro atoms. The molecule has 0 aliphatic carbocycles. The van der Waals surface area contributed by atoms with Gasteiger partial charge in [0.2, 0.25) is 11.8 Å². The standard InChI is InChI=1S/C20H34N4O10S2/c1-3-33-19(31)13(23-15(25)7-5-11(21)17(27)28)9-35-36-10-14(20(32)34-4-2)24-16(26)8-6-12(22)18(29)30/h11-14H,3-10,21-22H2,1-2H3,(H,23,25)(H,24,26)(H,27,28)(H,29,30)/t11-,12-,13-,14-/m0/s1. The van der Waals surface area contributed by atoms with E-state index in [-0.39, 0.29) is 50.4 Å². The van der Waals surface area contributed by atoms with Gasteiger partial charge >= 0.3 is 23.9 Å². The molecule has 16 heteroatoms. The maximum Gasteiger partial charge on any atom is 0.329 e. The Bertz CT molecular complexity index is 709. The lowest BCUT2D eigenvalue weighted by molar-refractivity contribution is -0.147. The lowest BCUT2D eigenvalue weighted by atomic mass is 10.1. The summed E-state index contributed by atoms with van der Waals surface area (Å²) in [6, 6.07) is -4.50. The Morgan fingerprint density at radius 3 is 1.33 bits per heavy atom. The molecule has 36 heavy (non-hydrogen) atoms. The minimum Gasteiger partial charge on any atom is -0.480 e. The van der Waals surface area contributed by atoms with Crippen LogP contribution >= 0.6 is 21.6 Å². The van der Waals surface area contributed by atoms with Crippen LogP contribution in [0.25, 0.3) is 0 Å². The Labute approximate surface area is 216 Å². The monoisotopic (exact) mass is 554 g/mol. The zero-order valence-corrected chi connectivity index (χ0v) is 21.7. The fourth-order valence-electron chi connectivity index (χ4n) is 2.41. The second kappa shape index (κ2) is 18.7. The van der Waals surface area contributed by atoms with Gasteiger partial charge < -0.3 is 41.8 Å². The van der Waals surface area contributed by atoms with Crippen molar-refractivity contribution < 1.29 is 48.5 Å². The number of carboxylic acid groups (broad SMARTS) is 2. The van der Waals surface area contributed by atoms with Crippen molar-refractivity contribution in [3.63, 3.8) is 0 Å². The predicted octanol–water partition coefficient (Wildman–Crippen LogP) is -1.15. The average molecular weight is 555 g/mol. The number of carbonyl (C=O) groups is 6. The second-order valence-corrected chi connectivity index (χ2v) is 9.83. The summed E-state index contributed by atoms with van der Waals surface area (Å²) in [5, 5.41) is 22.6. The molecule has 0 saturated carbocycles. The molecule has 0 aromatic rings. The van der Waals surface area contributed by atoms with Crippen LogP contribution in [0.2, 0.25) is 0 Å². The van der Waals surface area contributed by atoms with Crippen LogP contribution in [0.4, 0.5) is 0 Å². The Balaban J connectivity index is 4.88. The van der Waals surface area contributed by atoms with Crippen molar-refractivity contribution in [1.29, 1.82) is 0 Å². The topological polar surface area (TPSA) is 237 Å². The van der Waals surface area contributed by atoms with E-state index in [1.54, 1.807) is 13.8 Å². The fraction of sp³-hybridized carbons (Fsp3) is 0.700. The molecule has 0 aromatic heterocycles. The first-order valence-corrected chi connectivity index (χ1v) is 13.5. The molecular weight excluding hydrogens is 520 g/mol. The molecule has 0 rings (SSSR count). The smallest absolute Gasteiger partial charge is 0.329 e. The van der Waals surface area contributed by atoms with Crippen molar-refractivity contribution in [1.82, 2.24) is 10.6 Å². The fourth-order valence-corrected chi connectivity index (χ4v) is 4.71. The summed E-state index contributed by atoms with van der Waals surface area (Å²) in [5.41, 5.74) is 10.8. The van der Waals surface area contributed by atoms with Crippen LogP contribution in [0.1, 0.15) is 39.5 Å². The minimum absolute atomic E-state index is 0.0528. The van der Waals surface area contributed by atoms with Gasteiger partial charge in [0, 0.05) is 24.3 Å². The van der Waals surface area contributed by atoms with Gasteiger partial charge in [-0.2, -0.15) is 0 Å². The Kier molecular flexibility index (Phi) is 17.3. The number of hydrogen-bond donors (Lipinski definition) is 6. The first kappa shape index (κ1) is 33.4. The molecule has 0 bridgehead atoms. The molecule has 14 nitrogen and oxygen atoms in total. The lowest BCUT2D eigenvalue weighted by Crippen LogP contribution is -2.45. The minimum atomic E-state index is -1.25. The zero-order chi connectivity index (χ0) is 27.7. The largest absolute Gasteiger partial charge is 0.480 e. The number of amides is 2. The average Bonchev–Trinajstić information content (AvgIpc) is 2.81. The van der Waals surface area contributed by atoms with Gasteiger partial charge in [-0.25, -0.2) is 9.59 Å². The van der Waals surface area contributed by atoms with E-state index in [1.807, 2.05) is 0 Å². The number of aliphatic carboxylic acids is 2. The van der Waals surface area contributed by atoms with E-state index in [4.69, 9.17) is 31.2 Å². The molecule has 0 unspecified atom stereocenters. The maximum absolute atomic E-state index is 12.2. The third-order valence-corrected chi connectivity index (χ3v) is 6.79. The summed E-state index contributed by atoms with van der Waals surface area (Å²) >= 11 is 0. The van der Waals surface area contributed by atoms with Gasteiger partial charge in [-0.3, -0.25) is 19.2 Å². The number of nitrogens with one attached hydrogen (secondary N) is 2. The van der Waals surface area contributed by atoms with E-state index >= 15 is 0 Å². The number of esters is 2. The number of rotatable bonds is 19. The van der Waals surface area contributed by atoms with Crippen molar-refractivity contribution in [3.05, 3.63) is 0 Å². The highest BCUT2D eigenvalue weighted by atomic mass is 33.1. The van der Waals surface area contributed by atoms with Crippen LogP contribution in [-0.4, -0.2) is 94.8 Å². The van der Waals surface area contributed by atoms with Crippen LogP contribution in [0.3, 0.4) is 0 Å². The quantitative estimate of drug-likeness (QED) is 0.0628. The predicted molar refractivity (Wildman–Crippen MR) is 132 cm³/mol. The van der Waals surface area contributed by atoms with Gasteiger partial charge in [0.25, 0.3) is 0 Å². The molecule has 4 atom stereocenters. The summed E-state index contributed by atoms with van der Waals surface area (Å²) in [7, 11) is 2.25. The molecule has 8 N–H and O–H groups in total. The molecule has 0 heterocycles. The van der Waals surface area contributed by atoms with Crippen molar-refractivity contribution >= 4 is 57.3 Å².